The van der Waals surface area contributed by atoms with Crippen molar-refractivity contribution in [3.63, 3.8) is 0 Å². The van der Waals surface area contributed by atoms with E-state index in [9.17, 15) is 31.5 Å². The Kier molecular flexibility index (Phi) is 3.77. The lowest BCUT2D eigenvalue weighted by atomic mass is 10.2. The molecule has 1 aromatic rings. The van der Waals surface area contributed by atoms with Crippen LogP contribution in [0.1, 0.15) is 6.42 Å². The minimum Gasteiger partial charge on any atom is -0.420 e. The third-order valence-electron chi connectivity index (χ3n) is 1.64. The summed E-state index contributed by atoms with van der Waals surface area (Å²) in [7, 11) is 0. The second kappa shape index (κ2) is 4.89. The average molecular weight is 254 g/mol. The van der Waals surface area contributed by atoms with Gasteiger partial charge in [0.25, 0.3) is 0 Å². The van der Waals surface area contributed by atoms with E-state index in [1.807, 2.05) is 0 Å². The zero-order valence-corrected chi connectivity index (χ0v) is 7.90. The molecule has 0 atom stereocenters. The van der Waals surface area contributed by atoms with Gasteiger partial charge in [-0.25, -0.2) is 13.2 Å². The minimum atomic E-state index is -2.37. The summed E-state index contributed by atoms with van der Waals surface area (Å²) in [5.41, 5.74) is 0. The molecule has 3 nitrogen and oxygen atoms in total. The van der Waals surface area contributed by atoms with Crippen molar-refractivity contribution in [3.8, 4) is 5.75 Å². The van der Waals surface area contributed by atoms with E-state index >= 15 is 0 Å². The van der Waals surface area contributed by atoms with E-state index in [1.54, 1.807) is 0 Å². The Morgan fingerprint density at radius 3 is 1.76 bits per heavy atom. The zero-order valence-electron chi connectivity index (χ0n) is 7.90. The van der Waals surface area contributed by atoms with Gasteiger partial charge in [0, 0.05) is 0 Å². The smallest absolute Gasteiger partial charge is 0.318 e. The van der Waals surface area contributed by atoms with E-state index in [4.69, 9.17) is 0 Å². The second-order valence-corrected chi connectivity index (χ2v) is 2.74. The molecule has 0 amide bonds. The highest BCUT2D eigenvalue weighted by Gasteiger charge is 2.28. The quantitative estimate of drug-likeness (QED) is 0.157. The topological polar surface area (TPSA) is 43.4 Å². The molecule has 0 bridgehead atoms. The predicted octanol–water partition coefficient (Wildman–Crippen LogP) is 1.88. The molecule has 1 rings (SSSR count). The lowest BCUT2D eigenvalue weighted by Gasteiger charge is -2.07. The van der Waals surface area contributed by atoms with Gasteiger partial charge >= 0.3 is 5.97 Å². The summed E-state index contributed by atoms with van der Waals surface area (Å²) in [4.78, 5) is 20.6. The molecule has 0 aliphatic heterocycles. The number of rotatable bonds is 3. The number of hydrogen-bond donors (Lipinski definition) is 0. The molecule has 0 heterocycles. The fraction of sp³-hybridized carbons (Fsp3) is 0.111. The molecule has 0 radical (unpaired) electrons. The van der Waals surface area contributed by atoms with Gasteiger partial charge in [0.2, 0.25) is 34.8 Å². The van der Waals surface area contributed by atoms with Crippen molar-refractivity contribution in [1.82, 2.24) is 0 Å². The Bertz CT molecular complexity index is 457. The highest BCUT2D eigenvalue weighted by atomic mass is 19.2. The minimum absolute atomic E-state index is 0.0500. The third-order valence-corrected chi connectivity index (χ3v) is 1.64. The highest BCUT2D eigenvalue weighted by Crippen LogP contribution is 2.29. The SMILES string of the molecule is O=CCC(=O)Oc1c(F)c(F)c(F)c(F)c1F. The van der Waals surface area contributed by atoms with Crippen LogP contribution in [0.4, 0.5) is 22.0 Å². The van der Waals surface area contributed by atoms with Crippen molar-refractivity contribution in [2.45, 2.75) is 6.42 Å². The molecule has 0 aliphatic rings. The van der Waals surface area contributed by atoms with Crippen molar-refractivity contribution in [2.24, 2.45) is 0 Å². The first-order valence-corrected chi connectivity index (χ1v) is 4.05. The molecule has 8 heteroatoms. The average Bonchev–Trinajstić information content (AvgIpc) is 2.30. The van der Waals surface area contributed by atoms with Crippen molar-refractivity contribution in [1.29, 1.82) is 0 Å². The summed E-state index contributed by atoms with van der Waals surface area (Å²) in [6.07, 6.45) is -0.826. The highest BCUT2D eigenvalue weighted by molar-refractivity contribution is 5.85. The molecular weight excluding hydrogens is 251 g/mol. The van der Waals surface area contributed by atoms with E-state index in [1.165, 1.54) is 0 Å². The van der Waals surface area contributed by atoms with Crippen LogP contribution in [0, 0.1) is 29.1 Å². The van der Waals surface area contributed by atoms with Gasteiger partial charge < -0.3 is 9.53 Å². The number of ether oxygens (including phenoxy) is 1. The number of benzene rings is 1. The third kappa shape index (κ3) is 2.40. The summed E-state index contributed by atoms with van der Waals surface area (Å²) < 4.78 is 67.5. The maximum atomic E-state index is 12.9. The van der Waals surface area contributed by atoms with Gasteiger partial charge in [-0.05, 0) is 0 Å². The number of halogens is 5. The van der Waals surface area contributed by atoms with E-state index < -0.39 is 47.2 Å². The van der Waals surface area contributed by atoms with Crippen LogP contribution in [0.3, 0.4) is 0 Å². The van der Waals surface area contributed by atoms with Gasteiger partial charge in [-0.15, -0.1) is 0 Å². The van der Waals surface area contributed by atoms with Crippen LogP contribution in [0.15, 0.2) is 0 Å². The number of carbonyl (C=O) groups is 2. The van der Waals surface area contributed by atoms with Gasteiger partial charge in [0.05, 0.1) is 0 Å². The van der Waals surface area contributed by atoms with E-state index in [-0.39, 0.29) is 6.29 Å². The monoisotopic (exact) mass is 254 g/mol. The fourth-order valence-corrected chi connectivity index (χ4v) is 0.898. The predicted molar refractivity (Wildman–Crippen MR) is 42.5 cm³/mol. The van der Waals surface area contributed by atoms with Crippen LogP contribution in [0.5, 0.6) is 5.75 Å². The fourth-order valence-electron chi connectivity index (χ4n) is 0.898. The summed E-state index contributed by atoms with van der Waals surface area (Å²) in [6, 6.07) is 0. The maximum Gasteiger partial charge on any atom is 0.318 e. The number of hydrogen-bond acceptors (Lipinski definition) is 3. The summed E-state index contributed by atoms with van der Waals surface area (Å²) in [5, 5.41) is 0. The van der Waals surface area contributed by atoms with Crippen LogP contribution in [0.25, 0.3) is 0 Å². The van der Waals surface area contributed by atoms with Gasteiger partial charge in [-0.2, -0.15) is 8.78 Å². The summed E-state index contributed by atoms with van der Waals surface area (Å²) >= 11 is 0. The van der Waals surface area contributed by atoms with Crippen LogP contribution >= 0.6 is 0 Å². The largest absolute Gasteiger partial charge is 0.420 e. The second-order valence-electron chi connectivity index (χ2n) is 2.74. The van der Waals surface area contributed by atoms with Crippen LogP contribution < -0.4 is 4.74 Å². The summed E-state index contributed by atoms with van der Waals surface area (Å²) in [5.74, 6) is -14.6. The van der Waals surface area contributed by atoms with Crippen LogP contribution in [0.2, 0.25) is 0 Å². The van der Waals surface area contributed by atoms with Gasteiger partial charge in [0.15, 0.2) is 0 Å². The molecule has 92 valence electrons. The first kappa shape index (κ1) is 13.1. The van der Waals surface area contributed by atoms with E-state index in [0.29, 0.717) is 0 Å². The molecule has 0 N–H and O–H groups in total. The van der Waals surface area contributed by atoms with E-state index in [2.05, 4.69) is 4.74 Å². The van der Waals surface area contributed by atoms with Crippen molar-refractivity contribution >= 4 is 12.3 Å². The molecule has 1 aromatic carbocycles. The van der Waals surface area contributed by atoms with Crippen molar-refractivity contribution < 1.29 is 36.3 Å². The van der Waals surface area contributed by atoms with Gasteiger partial charge in [-0.3, -0.25) is 4.79 Å². The number of esters is 1. The Morgan fingerprint density at radius 1 is 0.941 bits per heavy atom. The lowest BCUT2D eigenvalue weighted by molar-refractivity contribution is -0.136. The Morgan fingerprint density at radius 2 is 1.35 bits per heavy atom. The normalized spacial score (nSPS) is 10.2. The molecule has 0 saturated heterocycles. The van der Waals surface area contributed by atoms with Crippen LogP contribution in [-0.4, -0.2) is 12.3 Å². The van der Waals surface area contributed by atoms with Crippen molar-refractivity contribution in [2.75, 3.05) is 0 Å². The van der Waals surface area contributed by atoms with Crippen LogP contribution in [-0.2, 0) is 9.59 Å². The molecule has 17 heavy (non-hydrogen) atoms. The Balaban J connectivity index is 3.25. The number of aldehydes is 1. The van der Waals surface area contributed by atoms with Gasteiger partial charge in [0.1, 0.15) is 12.7 Å². The first-order valence-electron chi connectivity index (χ1n) is 4.05. The molecule has 0 saturated carbocycles. The molecule has 0 aromatic heterocycles. The van der Waals surface area contributed by atoms with Gasteiger partial charge in [-0.1, -0.05) is 0 Å². The molecule has 0 fully saturated rings. The molecule has 0 spiro atoms. The first-order chi connectivity index (χ1) is 7.90. The maximum absolute atomic E-state index is 12.9. The Labute approximate surface area is 90.8 Å². The van der Waals surface area contributed by atoms with E-state index in [0.717, 1.165) is 0 Å². The Hall–Kier alpha value is -1.99. The number of carbonyl (C=O) groups excluding carboxylic acids is 2. The van der Waals surface area contributed by atoms with Crippen molar-refractivity contribution in [3.05, 3.63) is 29.1 Å². The molecule has 0 aliphatic carbocycles. The lowest BCUT2D eigenvalue weighted by Crippen LogP contribution is -2.13. The zero-order chi connectivity index (χ0) is 13.2. The summed E-state index contributed by atoms with van der Waals surface area (Å²) in [6.45, 7) is 0. The standard InChI is InChI=1S/C9H3F5O3/c10-4-5(11)7(13)9(8(14)6(4)12)17-3(16)1-2-15/h2H,1H2. The molecule has 0 unspecified atom stereocenters. The molecular formula is C9H3F5O3.